The molecule has 1 aromatic carbocycles. The molecule has 1 aromatic rings. The Balaban J connectivity index is 1.85. The smallest absolute Gasteiger partial charge is 0.258 e. The van der Waals surface area contributed by atoms with Crippen molar-refractivity contribution in [2.75, 3.05) is 25.9 Å². The Morgan fingerprint density at radius 3 is 2.41 bits per heavy atom. The van der Waals surface area contributed by atoms with Gasteiger partial charge < -0.3 is 20.3 Å². The number of nitrogen functional groups attached to an aromatic ring is 1. The van der Waals surface area contributed by atoms with Gasteiger partial charge in [-0.3, -0.25) is 9.59 Å². The minimum Gasteiger partial charge on any atom is -0.496 e. The molecule has 2 N–H and O–H groups in total. The fraction of sp³-hybridized carbons (Fsp3) is 0.500. The van der Waals surface area contributed by atoms with Crippen molar-refractivity contribution in [2.24, 2.45) is 5.41 Å². The Hall–Kier alpha value is -2.21. The highest BCUT2D eigenvalue weighted by atomic mass is 35.5. The first-order valence-corrected chi connectivity index (χ1v) is 9.46. The molecule has 2 fully saturated rings. The van der Waals surface area contributed by atoms with Gasteiger partial charge in [-0.25, -0.2) is 0 Å². The highest BCUT2D eigenvalue weighted by Crippen LogP contribution is 2.36. The second-order valence-electron chi connectivity index (χ2n) is 7.81. The summed E-state index contributed by atoms with van der Waals surface area (Å²) in [6.45, 7) is 8.56. The number of amides is 2. The molecule has 2 atom stereocenters. The minimum atomic E-state index is -0.612. The van der Waals surface area contributed by atoms with Crippen molar-refractivity contribution in [3.05, 3.63) is 35.4 Å². The van der Waals surface area contributed by atoms with E-state index in [2.05, 4.69) is 6.58 Å². The normalized spacial score (nSPS) is 21.9. The van der Waals surface area contributed by atoms with E-state index in [4.69, 9.17) is 22.1 Å². The molecule has 6 nitrogen and oxygen atoms in total. The molecule has 2 amide bonds. The number of halogens is 1. The van der Waals surface area contributed by atoms with Crippen LogP contribution in [0.4, 0.5) is 5.69 Å². The Bertz CT molecular complexity index is 779. The van der Waals surface area contributed by atoms with E-state index in [1.165, 1.54) is 7.11 Å². The van der Waals surface area contributed by atoms with Crippen LogP contribution in [0.1, 0.15) is 37.0 Å². The number of rotatable bonds is 4. The Morgan fingerprint density at radius 2 is 1.89 bits per heavy atom. The molecule has 2 aliphatic rings. The SMILES string of the molecule is C=CC(C)(C)C(=O)N1CC2CCC(C1)N2C(=O)c1cc(Cl)c(N)cc1OC. The van der Waals surface area contributed by atoms with E-state index in [0.717, 1.165) is 12.8 Å². The van der Waals surface area contributed by atoms with E-state index >= 15 is 0 Å². The van der Waals surface area contributed by atoms with Crippen LogP contribution < -0.4 is 10.5 Å². The van der Waals surface area contributed by atoms with Gasteiger partial charge in [0.1, 0.15) is 5.75 Å². The van der Waals surface area contributed by atoms with E-state index in [0.29, 0.717) is 35.1 Å². The van der Waals surface area contributed by atoms with Gasteiger partial charge in [-0.2, -0.15) is 0 Å². The maximum absolute atomic E-state index is 13.3. The topological polar surface area (TPSA) is 75.9 Å². The third kappa shape index (κ3) is 3.38. The quantitative estimate of drug-likeness (QED) is 0.632. The summed E-state index contributed by atoms with van der Waals surface area (Å²) in [6.07, 6.45) is 3.43. The number of methoxy groups -OCH3 is 1. The van der Waals surface area contributed by atoms with E-state index in [1.807, 2.05) is 23.6 Å². The van der Waals surface area contributed by atoms with Crippen molar-refractivity contribution in [1.82, 2.24) is 9.80 Å². The second kappa shape index (κ2) is 7.08. The first-order chi connectivity index (χ1) is 12.7. The molecule has 2 unspecified atom stereocenters. The molecular formula is C20H26ClN3O3. The lowest BCUT2D eigenvalue weighted by Crippen LogP contribution is -2.58. The summed E-state index contributed by atoms with van der Waals surface area (Å²) >= 11 is 6.13. The van der Waals surface area contributed by atoms with Gasteiger partial charge in [0.25, 0.3) is 5.91 Å². The fourth-order valence-corrected chi connectivity index (χ4v) is 4.10. The van der Waals surface area contributed by atoms with Gasteiger partial charge in [-0.15, -0.1) is 6.58 Å². The van der Waals surface area contributed by atoms with Crippen molar-refractivity contribution in [3.63, 3.8) is 0 Å². The summed E-state index contributed by atoms with van der Waals surface area (Å²) in [5.41, 5.74) is 5.99. The van der Waals surface area contributed by atoms with Gasteiger partial charge >= 0.3 is 0 Å². The van der Waals surface area contributed by atoms with Gasteiger partial charge in [0.05, 0.1) is 40.9 Å². The zero-order chi connectivity index (χ0) is 19.9. The average Bonchev–Trinajstić information content (AvgIpc) is 2.91. The van der Waals surface area contributed by atoms with E-state index < -0.39 is 5.41 Å². The number of hydrogen-bond donors (Lipinski definition) is 1. The monoisotopic (exact) mass is 391 g/mol. The zero-order valence-electron chi connectivity index (χ0n) is 16.0. The van der Waals surface area contributed by atoms with E-state index in [1.54, 1.807) is 18.2 Å². The number of nitrogens with two attached hydrogens (primary N) is 1. The summed E-state index contributed by atoms with van der Waals surface area (Å²) in [5.74, 6) is 0.332. The number of hydrogen-bond acceptors (Lipinski definition) is 4. The fourth-order valence-electron chi connectivity index (χ4n) is 3.94. The summed E-state index contributed by atoms with van der Waals surface area (Å²) in [5, 5.41) is 0.327. The number of fused-ring (bicyclic) bond motifs is 2. The molecule has 7 heteroatoms. The maximum Gasteiger partial charge on any atom is 0.258 e. The Labute approximate surface area is 164 Å². The van der Waals surface area contributed by atoms with E-state index in [9.17, 15) is 9.59 Å². The number of piperazine rings is 1. The van der Waals surface area contributed by atoms with Gasteiger partial charge in [0.2, 0.25) is 5.91 Å². The van der Waals surface area contributed by atoms with Crippen molar-refractivity contribution in [3.8, 4) is 5.75 Å². The first-order valence-electron chi connectivity index (χ1n) is 9.08. The molecule has 2 heterocycles. The van der Waals surface area contributed by atoms with Gasteiger partial charge in [0.15, 0.2) is 0 Å². The second-order valence-corrected chi connectivity index (χ2v) is 8.21. The highest BCUT2D eigenvalue weighted by Gasteiger charge is 2.46. The molecule has 3 rings (SSSR count). The van der Waals surface area contributed by atoms with Crippen LogP contribution >= 0.6 is 11.6 Å². The van der Waals surface area contributed by atoms with Crippen LogP contribution in [-0.2, 0) is 4.79 Å². The predicted molar refractivity (Wildman–Crippen MR) is 106 cm³/mol. The van der Waals surface area contributed by atoms with Crippen LogP contribution in [0.5, 0.6) is 5.75 Å². The number of likely N-dealkylation sites (tertiary alicyclic amines) is 1. The zero-order valence-corrected chi connectivity index (χ0v) is 16.8. The standard InChI is InChI=1S/C20H26ClN3O3/c1-5-20(2,3)19(26)23-10-12-6-7-13(11-23)24(12)18(25)14-8-15(21)16(22)9-17(14)27-4/h5,8-9,12-13H,1,6-7,10-11,22H2,2-4H3. The third-order valence-electron chi connectivity index (χ3n) is 5.61. The van der Waals surface area contributed by atoms with Crippen molar-refractivity contribution >= 4 is 29.1 Å². The number of nitrogens with zero attached hydrogens (tertiary/aromatic N) is 2. The third-order valence-corrected chi connectivity index (χ3v) is 5.94. The van der Waals surface area contributed by atoms with Crippen LogP contribution in [0.3, 0.4) is 0 Å². The van der Waals surface area contributed by atoms with Crippen molar-refractivity contribution < 1.29 is 14.3 Å². The summed E-state index contributed by atoms with van der Waals surface area (Å²) in [4.78, 5) is 29.8. The number of benzene rings is 1. The lowest BCUT2D eigenvalue weighted by Gasteiger charge is -2.43. The molecule has 146 valence electrons. The number of carbonyl (C=O) groups excluding carboxylic acids is 2. The van der Waals surface area contributed by atoms with Gasteiger partial charge in [-0.1, -0.05) is 17.7 Å². The maximum atomic E-state index is 13.3. The van der Waals surface area contributed by atoms with Crippen LogP contribution in [0.15, 0.2) is 24.8 Å². The molecule has 0 radical (unpaired) electrons. The molecule has 2 aliphatic heterocycles. The molecular weight excluding hydrogens is 366 g/mol. The van der Waals surface area contributed by atoms with Crippen molar-refractivity contribution in [1.29, 1.82) is 0 Å². The molecule has 2 bridgehead atoms. The van der Waals surface area contributed by atoms with Crippen LogP contribution in [0.25, 0.3) is 0 Å². The Morgan fingerprint density at radius 1 is 1.30 bits per heavy atom. The van der Waals surface area contributed by atoms with Gasteiger partial charge in [-0.05, 0) is 32.8 Å². The average molecular weight is 392 g/mol. The van der Waals surface area contributed by atoms with Crippen LogP contribution in [-0.4, -0.2) is 53.9 Å². The lowest BCUT2D eigenvalue weighted by atomic mass is 9.91. The molecule has 0 spiro atoms. The van der Waals surface area contributed by atoms with Crippen LogP contribution in [0, 0.1) is 5.41 Å². The van der Waals surface area contributed by atoms with E-state index in [-0.39, 0.29) is 23.9 Å². The van der Waals surface area contributed by atoms with Crippen molar-refractivity contribution in [2.45, 2.75) is 38.8 Å². The lowest BCUT2D eigenvalue weighted by molar-refractivity contribution is -0.140. The molecule has 0 aromatic heterocycles. The number of carbonyl (C=O) groups is 2. The summed E-state index contributed by atoms with van der Waals surface area (Å²) in [6, 6.07) is 3.11. The largest absolute Gasteiger partial charge is 0.496 e. The number of ether oxygens (including phenoxy) is 1. The minimum absolute atomic E-state index is 0.0122. The van der Waals surface area contributed by atoms with Crippen LogP contribution in [0.2, 0.25) is 5.02 Å². The highest BCUT2D eigenvalue weighted by molar-refractivity contribution is 6.33. The molecule has 2 saturated heterocycles. The molecule has 0 saturated carbocycles. The predicted octanol–water partition coefficient (Wildman–Crippen LogP) is 2.96. The summed E-state index contributed by atoms with van der Waals surface area (Å²) < 4.78 is 5.34. The number of anilines is 1. The summed E-state index contributed by atoms with van der Waals surface area (Å²) in [7, 11) is 1.50. The molecule has 0 aliphatic carbocycles. The molecule has 27 heavy (non-hydrogen) atoms. The Kier molecular flexibility index (Phi) is 5.12. The van der Waals surface area contributed by atoms with Gasteiger partial charge in [0, 0.05) is 19.2 Å². The first kappa shape index (κ1) is 19.5.